The molecule has 0 aliphatic carbocycles. The largest absolute Gasteiger partial charge is 0.494 e. The normalized spacial score (nSPS) is 19.2. The summed E-state index contributed by atoms with van der Waals surface area (Å²) < 4.78 is 31.9. The zero-order valence-corrected chi connectivity index (χ0v) is 13.5. The van der Waals surface area contributed by atoms with E-state index < -0.39 is 22.0 Å². The lowest BCUT2D eigenvalue weighted by Gasteiger charge is -2.21. The van der Waals surface area contributed by atoms with Gasteiger partial charge in [0.25, 0.3) is 0 Å². The Morgan fingerprint density at radius 1 is 1.36 bits per heavy atom. The van der Waals surface area contributed by atoms with Crippen LogP contribution in [0.25, 0.3) is 0 Å². The van der Waals surface area contributed by atoms with Crippen molar-refractivity contribution in [1.29, 1.82) is 0 Å². The van der Waals surface area contributed by atoms with E-state index >= 15 is 0 Å². The summed E-state index contributed by atoms with van der Waals surface area (Å²) in [6, 6.07) is 5.54. The number of primary amides is 1. The van der Waals surface area contributed by atoms with Crippen molar-refractivity contribution in [2.75, 3.05) is 13.2 Å². The Kier molecular flexibility index (Phi) is 5.42. The van der Waals surface area contributed by atoms with E-state index in [0.29, 0.717) is 31.7 Å². The molecule has 1 aromatic carbocycles. The first-order valence-electron chi connectivity index (χ1n) is 7.51. The molecule has 2 N–H and O–H groups in total. The van der Waals surface area contributed by atoms with Crippen molar-refractivity contribution >= 4 is 15.9 Å². The number of nitrogens with zero attached hydrogens (tertiary/aromatic N) is 1. The summed E-state index contributed by atoms with van der Waals surface area (Å²) in [5.74, 6) is 0.0425. The van der Waals surface area contributed by atoms with Crippen LogP contribution in [0, 0.1) is 0 Å². The third-order valence-corrected chi connectivity index (χ3v) is 5.65. The summed E-state index contributed by atoms with van der Waals surface area (Å²) in [6.45, 7) is 3.01. The molecule has 1 heterocycles. The minimum Gasteiger partial charge on any atom is -0.494 e. The van der Waals surface area contributed by atoms with E-state index in [1.807, 2.05) is 0 Å². The molecule has 1 fully saturated rings. The molecule has 1 aliphatic rings. The van der Waals surface area contributed by atoms with Gasteiger partial charge in [-0.25, -0.2) is 8.42 Å². The molecule has 0 bridgehead atoms. The fourth-order valence-corrected chi connectivity index (χ4v) is 4.15. The van der Waals surface area contributed by atoms with Crippen LogP contribution in [0.4, 0.5) is 0 Å². The number of hydrogen-bond donors (Lipinski definition) is 1. The van der Waals surface area contributed by atoms with Gasteiger partial charge in [-0.3, -0.25) is 4.79 Å². The summed E-state index contributed by atoms with van der Waals surface area (Å²) in [5, 5.41) is 0. The number of benzene rings is 1. The van der Waals surface area contributed by atoms with Crippen LogP contribution < -0.4 is 10.5 Å². The molecule has 1 atom stereocenters. The quantitative estimate of drug-likeness (QED) is 0.769. The highest BCUT2D eigenvalue weighted by Crippen LogP contribution is 2.27. The highest BCUT2D eigenvalue weighted by atomic mass is 32.2. The SMILES string of the molecule is CCCCOc1ccc(S(=O)(=O)N2CCCC2C(N)=O)cc1. The van der Waals surface area contributed by atoms with Crippen molar-refractivity contribution in [2.45, 2.75) is 43.5 Å². The van der Waals surface area contributed by atoms with Crippen LogP contribution in [0.1, 0.15) is 32.6 Å². The van der Waals surface area contributed by atoms with Crippen LogP contribution in [-0.4, -0.2) is 37.8 Å². The van der Waals surface area contributed by atoms with E-state index in [4.69, 9.17) is 10.5 Å². The van der Waals surface area contributed by atoms with Gasteiger partial charge in [0.1, 0.15) is 11.8 Å². The number of carbonyl (C=O) groups is 1. The van der Waals surface area contributed by atoms with Gasteiger partial charge < -0.3 is 10.5 Å². The Balaban J connectivity index is 2.14. The second-order valence-electron chi connectivity index (χ2n) is 5.35. The maximum absolute atomic E-state index is 12.6. The van der Waals surface area contributed by atoms with E-state index in [1.165, 1.54) is 16.4 Å². The maximum atomic E-state index is 12.6. The van der Waals surface area contributed by atoms with Crippen LogP contribution in [0.5, 0.6) is 5.75 Å². The van der Waals surface area contributed by atoms with Crippen molar-refractivity contribution in [3.05, 3.63) is 24.3 Å². The van der Waals surface area contributed by atoms with E-state index in [0.717, 1.165) is 12.8 Å². The summed E-state index contributed by atoms with van der Waals surface area (Å²) in [4.78, 5) is 11.5. The van der Waals surface area contributed by atoms with Gasteiger partial charge in [-0.1, -0.05) is 13.3 Å². The molecule has 1 aliphatic heterocycles. The van der Waals surface area contributed by atoms with Crippen LogP contribution in [-0.2, 0) is 14.8 Å². The number of rotatable bonds is 7. The highest BCUT2D eigenvalue weighted by molar-refractivity contribution is 7.89. The van der Waals surface area contributed by atoms with Gasteiger partial charge in [-0.15, -0.1) is 0 Å². The number of unbranched alkanes of at least 4 members (excludes halogenated alkanes) is 1. The summed E-state index contributed by atoms with van der Waals surface area (Å²) in [7, 11) is -3.70. The summed E-state index contributed by atoms with van der Waals surface area (Å²) >= 11 is 0. The van der Waals surface area contributed by atoms with Crippen LogP contribution in [0.3, 0.4) is 0 Å². The minimum absolute atomic E-state index is 0.156. The average Bonchev–Trinajstić information content (AvgIpc) is 2.98. The first-order chi connectivity index (χ1) is 10.5. The lowest BCUT2D eigenvalue weighted by Crippen LogP contribution is -2.43. The fraction of sp³-hybridized carbons (Fsp3) is 0.533. The second kappa shape index (κ2) is 7.11. The zero-order chi connectivity index (χ0) is 16.2. The summed E-state index contributed by atoms with van der Waals surface area (Å²) in [6.07, 6.45) is 3.11. The third kappa shape index (κ3) is 3.59. The molecule has 0 saturated carbocycles. The summed E-state index contributed by atoms with van der Waals surface area (Å²) in [5.41, 5.74) is 5.29. The molecule has 0 radical (unpaired) electrons. The van der Waals surface area contributed by atoms with Crippen LogP contribution >= 0.6 is 0 Å². The Hall–Kier alpha value is -1.60. The Bertz CT molecular complexity index is 613. The number of nitrogens with two attached hydrogens (primary N) is 1. The molecular weight excluding hydrogens is 304 g/mol. The minimum atomic E-state index is -3.70. The molecule has 0 aromatic heterocycles. The number of amides is 1. The fourth-order valence-electron chi connectivity index (χ4n) is 2.49. The molecule has 22 heavy (non-hydrogen) atoms. The number of hydrogen-bond acceptors (Lipinski definition) is 4. The Morgan fingerprint density at radius 3 is 2.64 bits per heavy atom. The maximum Gasteiger partial charge on any atom is 0.243 e. The molecule has 1 amide bonds. The lowest BCUT2D eigenvalue weighted by molar-refractivity contribution is -0.121. The molecule has 1 unspecified atom stereocenters. The van der Waals surface area contributed by atoms with Gasteiger partial charge in [0, 0.05) is 6.54 Å². The van der Waals surface area contributed by atoms with E-state index in [-0.39, 0.29) is 4.90 Å². The molecule has 6 nitrogen and oxygen atoms in total. The lowest BCUT2D eigenvalue weighted by atomic mass is 10.2. The van der Waals surface area contributed by atoms with Gasteiger partial charge in [-0.05, 0) is 43.5 Å². The monoisotopic (exact) mass is 326 g/mol. The van der Waals surface area contributed by atoms with Gasteiger partial charge in [0.05, 0.1) is 11.5 Å². The van der Waals surface area contributed by atoms with Crippen molar-refractivity contribution in [2.24, 2.45) is 5.73 Å². The third-order valence-electron chi connectivity index (χ3n) is 3.73. The van der Waals surface area contributed by atoms with Crippen LogP contribution in [0.2, 0.25) is 0 Å². The molecule has 2 rings (SSSR count). The Morgan fingerprint density at radius 2 is 2.05 bits per heavy atom. The van der Waals surface area contributed by atoms with Gasteiger partial charge in [0.2, 0.25) is 15.9 Å². The molecule has 122 valence electrons. The first-order valence-corrected chi connectivity index (χ1v) is 8.95. The zero-order valence-electron chi connectivity index (χ0n) is 12.7. The van der Waals surface area contributed by atoms with Crippen molar-refractivity contribution in [3.63, 3.8) is 0 Å². The van der Waals surface area contributed by atoms with E-state index in [1.54, 1.807) is 12.1 Å². The van der Waals surface area contributed by atoms with Gasteiger partial charge >= 0.3 is 0 Å². The number of carbonyl (C=O) groups excluding carboxylic acids is 1. The van der Waals surface area contributed by atoms with Crippen molar-refractivity contribution in [3.8, 4) is 5.75 Å². The van der Waals surface area contributed by atoms with Gasteiger partial charge in [-0.2, -0.15) is 4.31 Å². The second-order valence-corrected chi connectivity index (χ2v) is 7.24. The smallest absolute Gasteiger partial charge is 0.243 e. The topological polar surface area (TPSA) is 89.7 Å². The highest BCUT2D eigenvalue weighted by Gasteiger charge is 2.38. The molecular formula is C15H22N2O4S. The van der Waals surface area contributed by atoms with E-state index in [2.05, 4.69) is 6.92 Å². The number of sulfonamides is 1. The standard InChI is InChI=1S/C15H22N2O4S/c1-2-3-11-21-12-6-8-13(9-7-12)22(19,20)17-10-4-5-14(17)15(16)18/h6-9,14H,2-5,10-11H2,1H3,(H2,16,18). The van der Waals surface area contributed by atoms with Crippen LogP contribution in [0.15, 0.2) is 29.2 Å². The predicted molar refractivity (Wildman–Crippen MR) is 83.0 cm³/mol. The average molecular weight is 326 g/mol. The van der Waals surface area contributed by atoms with Crippen molar-refractivity contribution in [1.82, 2.24) is 4.31 Å². The number of ether oxygens (including phenoxy) is 1. The van der Waals surface area contributed by atoms with E-state index in [9.17, 15) is 13.2 Å². The molecule has 0 spiro atoms. The van der Waals surface area contributed by atoms with Crippen molar-refractivity contribution < 1.29 is 17.9 Å². The first kappa shape index (κ1) is 16.8. The molecule has 7 heteroatoms. The van der Waals surface area contributed by atoms with Gasteiger partial charge in [0.15, 0.2) is 0 Å². The molecule has 1 aromatic rings. The molecule has 1 saturated heterocycles. The predicted octanol–water partition coefficient (Wildman–Crippen LogP) is 1.50. The Labute approximate surface area is 131 Å².